The number of benzene rings is 1. The van der Waals surface area contributed by atoms with Crippen LogP contribution < -0.4 is 15.1 Å². The van der Waals surface area contributed by atoms with Crippen molar-refractivity contribution in [1.82, 2.24) is 14.9 Å². The maximum atomic E-state index is 14.4. The third kappa shape index (κ3) is 4.90. The third-order valence-corrected chi connectivity index (χ3v) is 5.60. The Balaban J connectivity index is 1.74. The highest BCUT2D eigenvalue weighted by atomic mass is 19.1. The lowest BCUT2D eigenvalue weighted by Gasteiger charge is -2.35. The first-order valence-corrected chi connectivity index (χ1v) is 11.0. The second-order valence-corrected chi connectivity index (χ2v) is 7.55. The normalized spacial score (nSPS) is 13.6. The summed E-state index contributed by atoms with van der Waals surface area (Å²) < 4.78 is 28.8. The van der Waals surface area contributed by atoms with Crippen molar-refractivity contribution in [1.29, 1.82) is 0 Å². The molecule has 0 radical (unpaired) electrons. The number of urea groups is 1. The van der Waals surface area contributed by atoms with Gasteiger partial charge in [0.25, 0.3) is 0 Å². The average Bonchev–Trinajstić information content (AvgIpc) is 2.79. The number of carbonyl (C=O) groups is 1. The Morgan fingerprint density at radius 3 is 2.62 bits per heavy atom. The molecule has 1 aromatic carbocycles. The van der Waals surface area contributed by atoms with Gasteiger partial charge in [-0.15, -0.1) is 0 Å². The molecule has 1 aliphatic rings. The summed E-state index contributed by atoms with van der Waals surface area (Å²) in [5, 5.41) is 12.8. The molecule has 0 atom stereocenters. The zero-order valence-corrected chi connectivity index (χ0v) is 18.7. The van der Waals surface area contributed by atoms with Gasteiger partial charge in [-0.2, -0.15) is 4.98 Å². The third-order valence-electron chi connectivity index (χ3n) is 5.60. The lowest BCUT2D eigenvalue weighted by Crippen LogP contribution is -2.48. The molecule has 2 heterocycles. The molecule has 0 bridgehead atoms. The molecule has 1 aromatic heterocycles. The molecule has 32 heavy (non-hydrogen) atoms. The van der Waals surface area contributed by atoms with E-state index in [1.165, 1.54) is 4.90 Å². The summed E-state index contributed by atoms with van der Waals surface area (Å²) in [5.41, 5.74) is -0.0322. The van der Waals surface area contributed by atoms with Gasteiger partial charge in [0.1, 0.15) is 17.3 Å². The van der Waals surface area contributed by atoms with Crippen molar-refractivity contribution in [2.24, 2.45) is 0 Å². The molecule has 0 saturated carbocycles. The van der Waals surface area contributed by atoms with Gasteiger partial charge in [0.15, 0.2) is 11.6 Å². The van der Waals surface area contributed by atoms with Crippen molar-refractivity contribution in [3.8, 4) is 5.75 Å². The van der Waals surface area contributed by atoms with E-state index in [-0.39, 0.29) is 13.1 Å². The van der Waals surface area contributed by atoms with E-state index in [0.717, 1.165) is 49.5 Å². The number of aromatic nitrogens is 2. The maximum absolute atomic E-state index is 14.4. The van der Waals surface area contributed by atoms with E-state index >= 15 is 0 Å². The molecule has 174 valence electrons. The van der Waals surface area contributed by atoms with Crippen LogP contribution in [0, 0.1) is 11.6 Å². The number of phenols is 1. The number of unbranched alkanes of at least 4 members (excludes halogenated alkanes) is 1. The van der Waals surface area contributed by atoms with Crippen LogP contribution in [0.2, 0.25) is 0 Å². The Morgan fingerprint density at radius 1 is 1.19 bits per heavy atom. The fourth-order valence-corrected chi connectivity index (χ4v) is 3.74. The summed E-state index contributed by atoms with van der Waals surface area (Å²) in [6, 6.07) is 1.22. The number of anilines is 3. The zero-order chi connectivity index (χ0) is 23.3. The molecule has 2 N–H and O–H groups in total. The monoisotopic (exact) mass is 448 g/mol. The lowest BCUT2D eigenvalue weighted by atomic mass is 10.1. The van der Waals surface area contributed by atoms with Gasteiger partial charge in [-0.05, 0) is 51.5 Å². The molecule has 3 rings (SSSR count). The summed E-state index contributed by atoms with van der Waals surface area (Å²) in [6.07, 6.45) is 3.56. The van der Waals surface area contributed by atoms with Crippen LogP contribution in [0.3, 0.4) is 0 Å². The van der Waals surface area contributed by atoms with Crippen molar-refractivity contribution in [2.45, 2.75) is 40.2 Å². The minimum absolute atomic E-state index is 0.105. The number of phenolic OH excluding ortho intramolecular Hbond substituents is 1. The van der Waals surface area contributed by atoms with E-state index in [1.54, 1.807) is 13.1 Å². The van der Waals surface area contributed by atoms with E-state index in [9.17, 15) is 18.7 Å². The number of carbonyl (C=O) groups excluding carboxylic acids is 1. The SMILES string of the molecule is CCN(CC)CCCCNc1ncc2c(n1)N(CC)C(=O)N(c1c(F)ccc(O)c1F)C2. The second-order valence-electron chi connectivity index (χ2n) is 7.55. The number of hydrogen-bond donors (Lipinski definition) is 2. The van der Waals surface area contributed by atoms with Gasteiger partial charge in [-0.3, -0.25) is 9.80 Å². The van der Waals surface area contributed by atoms with Crippen molar-refractivity contribution in [2.75, 3.05) is 47.8 Å². The van der Waals surface area contributed by atoms with Crippen LogP contribution in [0.15, 0.2) is 18.3 Å². The fraction of sp³-hybridized carbons (Fsp3) is 0.500. The average molecular weight is 449 g/mol. The molecular weight excluding hydrogens is 418 g/mol. The molecular formula is C22H30F2N6O2. The Morgan fingerprint density at radius 2 is 1.94 bits per heavy atom. The molecule has 2 aromatic rings. The molecule has 1 aliphatic heterocycles. The number of aromatic hydroxyl groups is 1. The van der Waals surface area contributed by atoms with Crippen LogP contribution in [0.5, 0.6) is 5.75 Å². The summed E-state index contributed by atoms with van der Waals surface area (Å²) in [4.78, 5) is 26.5. The van der Waals surface area contributed by atoms with E-state index in [1.807, 2.05) is 0 Å². The minimum Gasteiger partial charge on any atom is -0.505 e. The van der Waals surface area contributed by atoms with Crippen molar-refractivity contribution in [3.05, 3.63) is 35.5 Å². The van der Waals surface area contributed by atoms with E-state index in [0.29, 0.717) is 23.9 Å². The Bertz CT molecular complexity index is 954. The first kappa shape index (κ1) is 23.6. The number of amides is 2. The Hall–Kier alpha value is -3.01. The molecule has 0 fully saturated rings. The summed E-state index contributed by atoms with van der Waals surface area (Å²) >= 11 is 0. The highest BCUT2D eigenvalue weighted by Crippen LogP contribution is 2.36. The molecule has 0 saturated heterocycles. The Kier molecular flexibility index (Phi) is 7.79. The fourth-order valence-electron chi connectivity index (χ4n) is 3.74. The van der Waals surface area contributed by atoms with Crippen LogP contribution in [0.1, 0.15) is 39.2 Å². The second kappa shape index (κ2) is 10.5. The van der Waals surface area contributed by atoms with Crippen LogP contribution in [-0.2, 0) is 6.54 Å². The predicted molar refractivity (Wildman–Crippen MR) is 120 cm³/mol. The number of fused-ring (bicyclic) bond motifs is 1. The molecule has 10 heteroatoms. The molecule has 0 unspecified atom stereocenters. The molecule has 2 amide bonds. The van der Waals surface area contributed by atoms with Crippen LogP contribution in [0.4, 0.5) is 31.0 Å². The topological polar surface area (TPSA) is 84.8 Å². The zero-order valence-electron chi connectivity index (χ0n) is 18.7. The van der Waals surface area contributed by atoms with E-state index in [4.69, 9.17) is 0 Å². The smallest absolute Gasteiger partial charge is 0.330 e. The molecule has 0 spiro atoms. The summed E-state index contributed by atoms with van der Waals surface area (Å²) in [7, 11) is 0. The largest absolute Gasteiger partial charge is 0.505 e. The quantitative estimate of drug-likeness (QED) is 0.535. The van der Waals surface area contributed by atoms with Crippen molar-refractivity contribution in [3.63, 3.8) is 0 Å². The highest BCUT2D eigenvalue weighted by molar-refractivity contribution is 6.05. The first-order valence-electron chi connectivity index (χ1n) is 11.0. The van der Waals surface area contributed by atoms with Crippen LogP contribution in [0.25, 0.3) is 0 Å². The van der Waals surface area contributed by atoms with Gasteiger partial charge in [0, 0.05) is 24.8 Å². The number of halogens is 2. The van der Waals surface area contributed by atoms with Crippen LogP contribution >= 0.6 is 0 Å². The van der Waals surface area contributed by atoms with Gasteiger partial charge < -0.3 is 15.3 Å². The minimum atomic E-state index is -1.18. The van der Waals surface area contributed by atoms with Gasteiger partial charge >= 0.3 is 6.03 Å². The highest BCUT2D eigenvalue weighted by Gasteiger charge is 2.35. The predicted octanol–water partition coefficient (Wildman–Crippen LogP) is 3.96. The number of nitrogens with zero attached hydrogens (tertiary/aromatic N) is 5. The summed E-state index contributed by atoms with van der Waals surface area (Å²) in [6.45, 7) is 10.0. The molecule has 8 nitrogen and oxygen atoms in total. The van der Waals surface area contributed by atoms with Gasteiger partial charge in [0.2, 0.25) is 5.95 Å². The Labute approximate surface area is 186 Å². The van der Waals surface area contributed by atoms with Crippen molar-refractivity contribution < 1.29 is 18.7 Å². The van der Waals surface area contributed by atoms with Gasteiger partial charge in [0.05, 0.1) is 6.54 Å². The number of nitrogens with one attached hydrogen (secondary N) is 1. The number of hydrogen-bond acceptors (Lipinski definition) is 6. The maximum Gasteiger partial charge on any atom is 0.330 e. The van der Waals surface area contributed by atoms with E-state index < -0.39 is 29.1 Å². The van der Waals surface area contributed by atoms with Gasteiger partial charge in [-0.25, -0.2) is 18.6 Å². The van der Waals surface area contributed by atoms with Crippen molar-refractivity contribution >= 4 is 23.5 Å². The molecule has 0 aliphatic carbocycles. The lowest BCUT2D eigenvalue weighted by molar-refractivity contribution is 0.249. The van der Waals surface area contributed by atoms with Gasteiger partial charge in [-0.1, -0.05) is 13.8 Å². The number of rotatable bonds is 10. The van der Waals surface area contributed by atoms with E-state index in [2.05, 4.69) is 34.0 Å². The summed E-state index contributed by atoms with van der Waals surface area (Å²) in [5.74, 6) is -2.02. The first-order chi connectivity index (χ1) is 15.4. The van der Waals surface area contributed by atoms with Crippen LogP contribution in [-0.4, -0.2) is 58.7 Å². The standard InChI is InChI=1S/C22H30F2N6O2/c1-4-28(5-2)12-8-7-11-25-21-26-13-15-14-30(22(32)29(6-3)20(15)27-21)19-16(23)9-10-17(31)18(19)24/h9-10,13,31H,4-8,11-12,14H2,1-3H3,(H,25,26,27).